The van der Waals surface area contributed by atoms with Crippen LogP contribution >= 0.6 is 23.2 Å². The fourth-order valence-corrected chi connectivity index (χ4v) is 2.85. The maximum atomic E-state index is 12.1. The van der Waals surface area contributed by atoms with Crippen LogP contribution in [0, 0.1) is 0 Å². The third-order valence-electron chi connectivity index (χ3n) is 3.51. The summed E-state index contributed by atoms with van der Waals surface area (Å²) >= 11 is 12.1. The van der Waals surface area contributed by atoms with E-state index in [0.717, 1.165) is 24.9 Å². The summed E-state index contributed by atoms with van der Waals surface area (Å²) in [6.45, 7) is 3.00. The molecule has 1 fully saturated rings. The number of carbonyl (C=O) groups is 1. The highest BCUT2D eigenvalue weighted by atomic mass is 35.5. The van der Waals surface area contributed by atoms with Crippen molar-refractivity contribution in [2.45, 2.75) is 38.6 Å². The van der Waals surface area contributed by atoms with E-state index in [2.05, 4.69) is 6.92 Å². The molecule has 1 aromatic rings. The van der Waals surface area contributed by atoms with Crippen LogP contribution in [0.3, 0.4) is 0 Å². The maximum absolute atomic E-state index is 12.1. The first-order valence-corrected chi connectivity index (χ1v) is 7.07. The number of amides is 1. The number of nitrogens with zero attached hydrogens (tertiary/aromatic N) is 1. The molecular weight excluding hydrogens is 269 g/mol. The van der Waals surface area contributed by atoms with Crippen LogP contribution < -0.4 is 0 Å². The van der Waals surface area contributed by atoms with E-state index in [9.17, 15) is 4.79 Å². The van der Waals surface area contributed by atoms with Gasteiger partial charge in [0.2, 0.25) is 5.91 Å². The van der Waals surface area contributed by atoms with E-state index < -0.39 is 0 Å². The van der Waals surface area contributed by atoms with E-state index >= 15 is 0 Å². The molecule has 18 heavy (non-hydrogen) atoms. The summed E-state index contributed by atoms with van der Waals surface area (Å²) < 4.78 is 0. The Kier molecular flexibility index (Phi) is 4.52. The average molecular weight is 286 g/mol. The minimum atomic E-state index is 0.219. The molecule has 0 aliphatic carbocycles. The Morgan fingerprint density at radius 3 is 2.89 bits per heavy atom. The van der Waals surface area contributed by atoms with Gasteiger partial charge in [-0.05, 0) is 37.8 Å². The lowest BCUT2D eigenvalue weighted by Gasteiger charge is -2.21. The normalized spacial score (nSPS) is 19.3. The van der Waals surface area contributed by atoms with Gasteiger partial charge in [0.1, 0.15) is 0 Å². The second kappa shape index (κ2) is 5.94. The number of halogens is 2. The van der Waals surface area contributed by atoms with Crippen LogP contribution in [0.4, 0.5) is 0 Å². The molecule has 0 unspecified atom stereocenters. The zero-order chi connectivity index (χ0) is 13.1. The van der Waals surface area contributed by atoms with Crippen LogP contribution in [0.1, 0.15) is 31.7 Å². The van der Waals surface area contributed by atoms with Crippen LogP contribution in [0.2, 0.25) is 10.0 Å². The summed E-state index contributed by atoms with van der Waals surface area (Å²) in [7, 11) is 0. The van der Waals surface area contributed by atoms with Crippen molar-refractivity contribution in [3.8, 4) is 0 Å². The van der Waals surface area contributed by atoms with Crippen LogP contribution in [-0.2, 0) is 11.2 Å². The van der Waals surface area contributed by atoms with Gasteiger partial charge >= 0.3 is 0 Å². The third kappa shape index (κ3) is 2.99. The molecule has 1 aliphatic rings. The summed E-state index contributed by atoms with van der Waals surface area (Å²) in [6.07, 6.45) is 3.39. The molecule has 98 valence electrons. The van der Waals surface area contributed by atoms with Crippen molar-refractivity contribution < 1.29 is 4.79 Å². The first-order chi connectivity index (χ1) is 8.59. The number of rotatable bonds is 3. The van der Waals surface area contributed by atoms with Crippen molar-refractivity contribution in [2.75, 3.05) is 6.54 Å². The zero-order valence-electron chi connectivity index (χ0n) is 10.5. The van der Waals surface area contributed by atoms with E-state index in [-0.39, 0.29) is 5.91 Å². The molecule has 1 atom stereocenters. The van der Waals surface area contributed by atoms with E-state index in [0.29, 0.717) is 28.9 Å². The monoisotopic (exact) mass is 285 g/mol. The summed E-state index contributed by atoms with van der Waals surface area (Å²) in [5, 5.41) is 1.12. The highest BCUT2D eigenvalue weighted by molar-refractivity contribution is 6.42. The van der Waals surface area contributed by atoms with Gasteiger partial charge in [0.05, 0.1) is 10.0 Å². The Bertz CT molecular complexity index is 447. The second-order valence-electron chi connectivity index (χ2n) is 4.79. The Morgan fingerprint density at radius 2 is 2.22 bits per heavy atom. The van der Waals surface area contributed by atoms with Gasteiger partial charge in [-0.2, -0.15) is 0 Å². The number of likely N-dealkylation sites (tertiary alicyclic amines) is 1. The minimum Gasteiger partial charge on any atom is -0.340 e. The molecule has 0 bridgehead atoms. The van der Waals surface area contributed by atoms with E-state index in [4.69, 9.17) is 23.2 Å². The summed E-state index contributed by atoms with van der Waals surface area (Å²) in [5.74, 6) is 0.219. The quantitative estimate of drug-likeness (QED) is 0.824. The largest absolute Gasteiger partial charge is 0.340 e. The Hall–Kier alpha value is -0.730. The standard InChI is InChI=1S/C14H17Cl2NO/c1-10-4-3-9-17(10)13(18)8-7-11-5-2-6-12(15)14(11)16/h2,5-6,10H,3-4,7-9H2,1H3/t10-/m1/s1. The number of aryl methyl sites for hydroxylation is 1. The highest BCUT2D eigenvalue weighted by Crippen LogP contribution is 2.27. The van der Waals surface area contributed by atoms with Crippen molar-refractivity contribution in [1.29, 1.82) is 0 Å². The lowest BCUT2D eigenvalue weighted by Crippen LogP contribution is -2.33. The molecule has 0 spiro atoms. The predicted octanol–water partition coefficient (Wildman–Crippen LogP) is 3.94. The topological polar surface area (TPSA) is 20.3 Å². The van der Waals surface area contributed by atoms with Crippen molar-refractivity contribution in [3.05, 3.63) is 33.8 Å². The van der Waals surface area contributed by atoms with Crippen LogP contribution in [-0.4, -0.2) is 23.4 Å². The Labute approximate surface area is 118 Å². The van der Waals surface area contributed by atoms with Crippen LogP contribution in [0.15, 0.2) is 18.2 Å². The number of carbonyl (C=O) groups excluding carboxylic acids is 1. The van der Waals surface area contributed by atoms with Crippen molar-refractivity contribution >= 4 is 29.1 Å². The van der Waals surface area contributed by atoms with Gasteiger partial charge < -0.3 is 4.90 Å². The summed E-state index contributed by atoms with van der Waals surface area (Å²) in [4.78, 5) is 14.0. The third-order valence-corrected chi connectivity index (χ3v) is 4.37. The van der Waals surface area contributed by atoms with Gasteiger partial charge in [-0.3, -0.25) is 4.79 Å². The fourth-order valence-electron chi connectivity index (χ4n) is 2.43. The number of hydrogen-bond donors (Lipinski definition) is 0. The lowest BCUT2D eigenvalue weighted by molar-refractivity contribution is -0.131. The Balaban J connectivity index is 1.95. The number of benzene rings is 1. The second-order valence-corrected chi connectivity index (χ2v) is 5.58. The van der Waals surface area contributed by atoms with Crippen molar-refractivity contribution in [3.63, 3.8) is 0 Å². The smallest absolute Gasteiger partial charge is 0.223 e. The first kappa shape index (κ1) is 13.7. The zero-order valence-corrected chi connectivity index (χ0v) is 12.0. The molecule has 1 amide bonds. The molecule has 0 N–H and O–H groups in total. The molecular formula is C14H17Cl2NO. The summed E-state index contributed by atoms with van der Waals surface area (Å²) in [5.41, 5.74) is 0.948. The molecule has 0 radical (unpaired) electrons. The van der Waals surface area contributed by atoms with Crippen LogP contribution in [0.5, 0.6) is 0 Å². The van der Waals surface area contributed by atoms with Gasteiger partial charge in [0.15, 0.2) is 0 Å². The van der Waals surface area contributed by atoms with Crippen LogP contribution in [0.25, 0.3) is 0 Å². The SMILES string of the molecule is C[C@@H]1CCCN1C(=O)CCc1cccc(Cl)c1Cl. The fraction of sp³-hybridized carbons (Fsp3) is 0.500. The molecule has 1 saturated heterocycles. The van der Waals surface area contributed by atoms with Gasteiger partial charge in [-0.25, -0.2) is 0 Å². The average Bonchev–Trinajstić information content (AvgIpc) is 2.77. The van der Waals surface area contributed by atoms with E-state index in [1.54, 1.807) is 6.07 Å². The molecule has 1 aromatic carbocycles. The van der Waals surface area contributed by atoms with Crippen molar-refractivity contribution in [1.82, 2.24) is 4.90 Å². The first-order valence-electron chi connectivity index (χ1n) is 6.32. The molecule has 0 aromatic heterocycles. The Morgan fingerprint density at radius 1 is 1.44 bits per heavy atom. The van der Waals surface area contributed by atoms with E-state index in [1.807, 2.05) is 17.0 Å². The lowest BCUT2D eigenvalue weighted by atomic mass is 10.1. The highest BCUT2D eigenvalue weighted by Gasteiger charge is 2.24. The number of hydrogen-bond acceptors (Lipinski definition) is 1. The van der Waals surface area contributed by atoms with Gasteiger partial charge in [-0.15, -0.1) is 0 Å². The molecule has 1 heterocycles. The molecule has 2 nitrogen and oxygen atoms in total. The van der Waals surface area contributed by atoms with Gasteiger partial charge in [0.25, 0.3) is 0 Å². The van der Waals surface area contributed by atoms with E-state index in [1.165, 1.54) is 0 Å². The predicted molar refractivity (Wildman–Crippen MR) is 75.2 cm³/mol. The van der Waals surface area contributed by atoms with Crippen molar-refractivity contribution in [2.24, 2.45) is 0 Å². The summed E-state index contributed by atoms with van der Waals surface area (Å²) in [6, 6.07) is 5.94. The molecule has 1 aliphatic heterocycles. The minimum absolute atomic E-state index is 0.219. The molecule has 0 saturated carbocycles. The molecule has 4 heteroatoms. The van der Waals surface area contributed by atoms with Gasteiger partial charge in [0, 0.05) is 19.0 Å². The maximum Gasteiger partial charge on any atom is 0.223 e. The van der Waals surface area contributed by atoms with Gasteiger partial charge in [-0.1, -0.05) is 35.3 Å². The molecule has 2 rings (SSSR count).